The monoisotopic (exact) mass is 449 g/mol. The molecule has 1 rings (SSSR count). The number of thiocarbonyl (C=S) groups is 1. The van der Waals surface area contributed by atoms with Gasteiger partial charge in [0.25, 0.3) is 0 Å². The Hall–Kier alpha value is -2.87. The zero-order valence-corrected chi connectivity index (χ0v) is 17.8. The van der Waals surface area contributed by atoms with Gasteiger partial charge in [0.05, 0.1) is 5.29 Å². The van der Waals surface area contributed by atoms with Crippen molar-refractivity contribution in [2.45, 2.75) is 58.3 Å². The molecule has 0 bridgehead atoms. The fourth-order valence-corrected chi connectivity index (χ4v) is 2.76. The lowest BCUT2D eigenvalue weighted by Gasteiger charge is -2.44. The maximum atomic E-state index is 11.7. The van der Waals surface area contributed by atoms with Crippen molar-refractivity contribution < 1.29 is 42.9 Å². The molecule has 0 amide bonds. The molecular formula is C16H23N3O10S. The third-order valence-corrected chi connectivity index (χ3v) is 4.07. The standard InChI is InChI=1S/C16H23N3O10S/c1-7(20)25-6-11-13(26-8(2)21)14(27-9(3)22)12(15(29-11)28-10(4)23)17-16(30)19(5)18-24/h11-15H,6H2,1-5H3,(H,17,30)/t11-,12+,13+,14-,15-/m1/s1. The Balaban J connectivity index is 3.37. The minimum atomic E-state index is -1.42. The van der Waals surface area contributed by atoms with Gasteiger partial charge in [0.1, 0.15) is 18.8 Å². The molecule has 0 aromatic rings. The predicted molar refractivity (Wildman–Crippen MR) is 101 cm³/mol. The number of carbonyl (C=O) groups is 4. The summed E-state index contributed by atoms with van der Waals surface area (Å²) in [5.74, 6) is -2.90. The molecule has 0 aromatic carbocycles. The van der Waals surface area contributed by atoms with Crippen LogP contribution in [0.4, 0.5) is 0 Å². The summed E-state index contributed by atoms with van der Waals surface area (Å²) in [6.45, 7) is 4.09. The number of nitrogens with zero attached hydrogens (tertiary/aromatic N) is 2. The molecule has 0 radical (unpaired) electrons. The molecule has 1 fully saturated rings. The summed E-state index contributed by atoms with van der Waals surface area (Å²) >= 11 is 5.04. The van der Waals surface area contributed by atoms with E-state index in [1.165, 1.54) is 7.05 Å². The molecule has 13 nitrogen and oxygen atoms in total. The van der Waals surface area contributed by atoms with Crippen LogP contribution in [0.5, 0.6) is 0 Å². The second-order valence-corrected chi connectivity index (χ2v) is 6.57. The third-order valence-electron chi connectivity index (χ3n) is 3.69. The Kier molecular flexibility index (Phi) is 9.52. The number of hydrogen-bond donors (Lipinski definition) is 1. The van der Waals surface area contributed by atoms with E-state index in [4.69, 9.17) is 35.9 Å². The molecule has 1 aliphatic rings. The van der Waals surface area contributed by atoms with E-state index >= 15 is 0 Å². The van der Waals surface area contributed by atoms with Crippen LogP contribution in [0.2, 0.25) is 0 Å². The molecule has 1 saturated heterocycles. The van der Waals surface area contributed by atoms with Crippen molar-refractivity contribution in [2.24, 2.45) is 5.29 Å². The van der Waals surface area contributed by atoms with Crippen LogP contribution in [0, 0.1) is 4.91 Å². The van der Waals surface area contributed by atoms with Crippen LogP contribution < -0.4 is 5.32 Å². The molecule has 0 aromatic heterocycles. The van der Waals surface area contributed by atoms with Gasteiger partial charge in [0.2, 0.25) is 6.29 Å². The summed E-state index contributed by atoms with van der Waals surface area (Å²) in [5, 5.41) is 5.84. The highest BCUT2D eigenvalue weighted by molar-refractivity contribution is 7.80. The highest BCUT2D eigenvalue weighted by Gasteiger charge is 2.52. The highest BCUT2D eigenvalue weighted by atomic mass is 32.1. The van der Waals surface area contributed by atoms with Gasteiger partial charge in [-0.3, -0.25) is 19.2 Å². The van der Waals surface area contributed by atoms with Crippen LogP contribution in [0.1, 0.15) is 27.7 Å². The summed E-state index contributed by atoms with van der Waals surface area (Å²) in [5.41, 5.74) is 0. The van der Waals surface area contributed by atoms with Gasteiger partial charge in [0, 0.05) is 34.7 Å². The lowest BCUT2D eigenvalue weighted by Crippen LogP contribution is -2.67. The molecule has 168 valence electrons. The zero-order valence-electron chi connectivity index (χ0n) is 17.0. The Morgan fingerprint density at radius 3 is 1.97 bits per heavy atom. The lowest BCUT2D eigenvalue weighted by atomic mass is 9.96. The minimum absolute atomic E-state index is 0.215. The summed E-state index contributed by atoms with van der Waals surface area (Å²) in [7, 11) is 1.25. The Morgan fingerprint density at radius 1 is 0.967 bits per heavy atom. The van der Waals surface area contributed by atoms with E-state index in [2.05, 4.69) is 10.6 Å². The first-order valence-corrected chi connectivity index (χ1v) is 9.05. The van der Waals surface area contributed by atoms with Crippen LogP contribution in [-0.4, -0.2) is 78.3 Å². The van der Waals surface area contributed by atoms with Crippen LogP contribution in [0.15, 0.2) is 5.29 Å². The third kappa shape index (κ3) is 7.51. The first-order chi connectivity index (χ1) is 14.0. The van der Waals surface area contributed by atoms with E-state index in [1.807, 2.05) is 0 Å². The van der Waals surface area contributed by atoms with Gasteiger partial charge in [0.15, 0.2) is 17.3 Å². The summed E-state index contributed by atoms with van der Waals surface area (Å²) < 4.78 is 26.3. The lowest BCUT2D eigenvalue weighted by molar-refractivity contribution is -0.269. The van der Waals surface area contributed by atoms with Crippen molar-refractivity contribution in [2.75, 3.05) is 13.7 Å². The molecule has 5 atom stereocenters. The summed E-state index contributed by atoms with van der Waals surface area (Å²) in [6.07, 6.45) is -5.15. The van der Waals surface area contributed by atoms with Crippen molar-refractivity contribution in [3.8, 4) is 0 Å². The second kappa shape index (κ2) is 11.3. The number of nitroso groups, excluding NO2 is 1. The van der Waals surface area contributed by atoms with Crippen LogP contribution >= 0.6 is 12.2 Å². The maximum absolute atomic E-state index is 11.7. The molecule has 14 heteroatoms. The van der Waals surface area contributed by atoms with Gasteiger partial charge in [-0.25, -0.2) is 5.01 Å². The molecule has 0 spiro atoms. The van der Waals surface area contributed by atoms with Gasteiger partial charge in [-0.15, -0.1) is 4.91 Å². The smallest absolute Gasteiger partial charge is 0.305 e. The van der Waals surface area contributed by atoms with E-state index in [9.17, 15) is 24.1 Å². The van der Waals surface area contributed by atoms with Crippen LogP contribution in [0.3, 0.4) is 0 Å². The molecule has 30 heavy (non-hydrogen) atoms. The molecule has 0 unspecified atom stereocenters. The minimum Gasteiger partial charge on any atom is -0.463 e. The van der Waals surface area contributed by atoms with Crippen molar-refractivity contribution >= 4 is 41.2 Å². The average Bonchev–Trinajstić information content (AvgIpc) is 2.62. The summed E-state index contributed by atoms with van der Waals surface area (Å²) in [6, 6.07) is -1.20. The quantitative estimate of drug-likeness (QED) is 0.175. The zero-order chi connectivity index (χ0) is 23.0. The topological polar surface area (TPSA) is 159 Å². The van der Waals surface area contributed by atoms with Crippen molar-refractivity contribution in [1.82, 2.24) is 10.3 Å². The number of ether oxygens (including phenoxy) is 5. The maximum Gasteiger partial charge on any atom is 0.305 e. The van der Waals surface area contributed by atoms with Crippen molar-refractivity contribution in [3.05, 3.63) is 4.91 Å². The van der Waals surface area contributed by atoms with Crippen molar-refractivity contribution in [3.63, 3.8) is 0 Å². The highest BCUT2D eigenvalue weighted by Crippen LogP contribution is 2.28. The Morgan fingerprint density at radius 2 is 1.50 bits per heavy atom. The van der Waals surface area contributed by atoms with E-state index in [0.717, 1.165) is 32.7 Å². The van der Waals surface area contributed by atoms with E-state index in [0.29, 0.717) is 0 Å². The predicted octanol–water partition coefficient (Wildman–Crippen LogP) is -0.443. The summed E-state index contributed by atoms with van der Waals surface area (Å²) in [4.78, 5) is 56.9. The van der Waals surface area contributed by atoms with E-state index in [-0.39, 0.29) is 5.11 Å². The largest absolute Gasteiger partial charge is 0.463 e. The molecule has 0 aliphatic carbocycles. The number of carbonyl (C=O) groups excluding carboxylic acids is 4. The van der Waals surface area contributed by atoms with Gasteiger partial charge >= 0.3 is 23.9 Å². The molecular weight excluding hydrogens is 426 g/mol. The average molecular weight is 449 g/mol. The number of esters is 4. The SMILES string of the molecule is CC(=O)OC[C@H]1O[C@@H](OC(C)=O)[C@@H](NC(=S)N(C)N=O)[C@@H](OC(C)=O)[C@H]1OC(C)=O. The number of nitrogens with one attached hydrogen (secondary N) is 1. The van der Waals surface area contributed by atoms with Gasteiger partial charge < -0.3 is 29.0 Å². The molecule has 1 N–H and O–H groups in total. The Labute approximate surface area is 177 Å². The number of rotatable bonds is 7. The van der Waals surface area contributed by atoms with Crippen LogP contribution in [0.25, 0.3) is 0 Å². The van der Waals surface area contributed by atoms with Gasteiger partial charge in [-0.1, -0.05) is 0 Å². The fraction of sp³-hybridized carbons (Fsp3) is 0.688. The first kappa shape index (κ1) is 25.2. The molecule has 1 heterocycles. The van der Waals surface area contributed by atoms with E-state index in [1.54, 1.807) is 0 Å². The molecule has 0 saturated carbocycles. The van der Waals surface area contributed by atoms with Gasteiger partial charge in [-0.2, -0.15) is 0 Å². The van der Waals surface area contributed by atoms with Gasteiger partial charge in [-0.05, 0) is 12.2 Å². The first-order valence-electron chi connectivity index (χ1n) is 8.64. The van der Waals surface area contributed by atoms with Crippen molar-refractivity contribution in [1.29, 1.82) is 0 Å². The number of hydrogen-bond acceptors (Lipinski definition) is 12. The second-order valence-electron chi connectivity index (χ2n) is 6.18. The normalized spacial score (nSPS) is 25.3. The molecule has 1 aliphatic heterocycles. The Bertz CT molecular complexity index is 703. The van der Waals surface area contributed by atoms with Crippen LogP contribution in [-0.2, 0) is 42.9 Å². The van der Waals surface area contributed by atoms with E-state index < -0.39 is 61.1 Å². The fourth-order valence-electron chi connectivity index (χ4n) is 2.59.